The van der Waals surface area contributed by atoms with E-state index in [2.05, 4.69) is 20.9 Å². The van der Waals surface area contributed by atoms with Gasteiger partial charge in [0.1, 0.15) is 0 Å². The number of ether oxygens (including phenoxy) is 1. The summed E-state index contributed by atoms with van der Waals surface area (Å²) in [5, 5.41) is 8.25. The highest BCUT2D eigenvalue weighted by Gasteiger charge is 2.24. The highest BCUT2D eigenvalue weighted by molar-refractivity contribution is 5.95. The molecular formula is C19H30N4O3. The van der Waals surface area contributed by atoms with Gasteiger partial charge in [-0.15, -0.1) is 0 Å². The summed E-state index contributed by atoms with van der Waals surface area (Å²) < 4.78 is 5.78. The number of rotatable bonds is 4. The minimum absolute atomic E-state index is 0.0725. The summed E-state index contributed by atoms with van der Waals surface area (Å²) in [6.07, 6.45) is 0.253. The molecule has 0 saturated carbocycles. The lowest BCUT2D eigenvalue weighted by atomic mass is 10.1. The van der Waals surface area contributed by atoms with E-state index in [0.29, 0.717) is 5.69 Å². The maximum absolute atomic E-state index is 12.2. The van der Waals surface area contributed by atoms with Crippen molar-refractivity contribution in [2.45, 2.75) is 52.4 Å². The van der Waals surface area contributed by atoms with E-state index in [1.807, 2.05) is 58.9 Å². The van der Waals surface area contributed by atoms with Gasteiger partial charge in [-0.25, -0.2) is 4.79 Å². The minimum Gasteiger partial charge on any atom is -0.372 e. The predicted molar refractivity (Wildman–Crippen MR) is 104 cm³/mol. The van der Waals surface area contributed by atoms with E-state index in [1.165, 1.54) is 0 Å². The van der Waals surface area contributed by atoms with Gasteiger partial charge in [0.15, 0.2) is 0 Å². The lowest BCUT2D eigenvalue weighted by Gasteiger charge is -2.37. The summed E-state index contributed by atoms with van der Waals surface area (Å²) >= 11 is 0. The standard InChI is InChI=1S/C19H30N4O3/c1-13-11-23(12-14(2)26-13)16-9-7-6-8-15(16)21-18(25)20-10-17(24)22-19(3,4)5/h6-9,13-14H,10-12H2,1-5H3,(H,22,24)(H2,20,21,25). The summed E-state index contributed by atoms with van der Waals surface area (Å²) in [6, 6.07) is 7.25. The molecule has 0 radical (unpaired) electrons. The van der Waals surface area contributed by atoms with Gasteiger partial charge in [-0.1, -0.05) is 12.1 Å². The van der Waals surface area contributed by atoms with E-state index >= 15 is 0 Å². The Morgan fingerprint density at radius 1 is 1.15 bits per heavy atom. The molecule has 1 aliphatic heterocycles. The number of hydrogen-bond acceptors (Lipinski definition) is 4. The molecule has 2 atom stereocenters. The van der Waals surface area contributed by atoms with E-state index in [-0.39, 0.29) is 30.2 Å². The van der Waals surface area contributed by atoms with E-state index < -0.39 is 6.03 Å². The molecular weight excluding hydrogens is 332 g/mol. The number of amides is 3. The van der Waals surface area contributed by atoms with Crippen LogP contribution in [0.2, 0.25) is 0 Å². The van der Waals surface area contributed by atoms with Crippen LogP contribution in [-0.4, -0.2) is 49.3 Å². The molecule has 0 spiro atoms. The molecule has 3 N–H and O–H groups in total. The topological polar surface area (TPSA) is 82.7 Å². The van der Waals surface area contributed by atoms with Crippen molar-refractivity contribution in [1.82, 2.24) is 10.6 Å². The largest absolute Gasteiger partial charge is 0.372 e. The van der Waals surface area contributed by atoms with Crippen LogP contribution in [0.25, 0.3) is 0 Å². The zero-order valence-electron chi connectivity index (χ0n) is 16.3. The SMILES string of the molecule is CC1CN(c2ccccc2NC(=O)NCC(=O)NC(C)(C)C)CC(C)O1. The number of anilines is 2. The molecule has 7 heteroatoms. The third kappa shape index (κ3) is 6.22. The molecule has 2 unspecified atom stereocenters. The molecule has 0 aliphatic carbocycles. The van der Waals surface area contributed by atoms with Crippen LogP contribution in [0.1, 0.15) is 34.6 Å². The summed E-state index contributed by atoms with van der Waals surface area (Å²) in [7, 11) is 0. The van der Waals surface area contributed by atoms with Crippen LogP contribution in [0.3, 0.4) is 0 Å². The maximum Gasteiger partial charge on any atom is 0.319 e. The number of para-hydroxylation sites is 2. The van der Waals surface area contributed by atoms with Crippen molar-refractivity contribution in [3.05, 3.63) is 24.3 Å². The lowest BCUT2D eigenvalue weighted by Crippen LogP contribution is -2.47. The molecule has 1 fully saturated rings. The molecule has 144 valence electrons. The average molecular weight is 362 g/mol. The van der Waals surface area contributed by atoms with Crippen molar-refractivity contribution >= 4 is 23.3 Å². The normalized spacial score (nSPS) is 20.4. The van der Waals surface area contributed by atoms with Crippen molar-refractivity contribution in [2.24, 2.45) is 0 Å². The number of carbonyl (C=O) groups is 2. The van der Waals surface area contributed by atoms with Gasteiger partial charge in [-0.2, -0.15) is 0 Å². The fourth-order valence-electron chi connectivity index (χ4n) is 3.02. The van der Waals surface area contributed by atoms with Crippen LogP contribution in [0, 0.1) is 0 Å². The van der Waals surface area contributed by atoms with Gasteiger partial charge < -0.3 is 25.6 Å². The second-order valence-corrected chi connectivity index (χ2v) is 7.79. The number of nitrogens with one attached hydrogen (secondary N) is 3. The smallest absolute Gasteiger partial charge is 0.319 e. The number of benzene rings is 1. The summed E-state index contributed by atoms with van der Waals surface area (Å²) in [5.41, 5.74) is 1.33. The third-order valence-electron chi connectivity index (χ3n) is 3.84. The minimum atomic E-state index is -0.407. The van der Waals surface area contributed by atoms with Crippen molar-refractivity contribution in [1.29, 1.82) is 0 Å². The Morgan fingerprint density at radius 2 is 1.77 bits per heavy atom. The third-order valence-corrected chi connectivity index (χ3v) is 3.84. The second kappa shape index (κ2) is 8.40. The number of nitrogens with zero attached hydrogens (tertiary/aromatic N) is 1. The zero-order chi connectivity index (χ0) is 19.3. The van der Waals surface area contributed by atoms with Gasteiger partial charge in [-0.05, 0) is 46.8 Å². The first-order chi connectivity index (χ1) is 12.1. The molecule has 26 heavy (non-hydrogen) atoms. The van der Waals surface area contributed by atoms with Crippen molar-refractivity contribution < 1.29 is 14.3 Å². The van der Waals surface area contributed by atoms with E-state index in [9.17, 15) is 9.59 Å². The lowest BCUT2D eigenvalue weighted by molar-refractivity contribution is -0.121. The van der Waals surface area contributed by atoms with E-state index in [0.717, 1.165) is 18.8 Å². The zero-order valence-corrected chi connectivity index (χ0v) is 16.3. The number of morpholine rings is 1. The highest BCUT2D eigenvalue weighted by Crippen LogP contribution is 2.28. The number of urea groups is 1. The second-order valence-electron chi connectivity index (χ2n) is 7.79. The van der Waals surface area contributed by atoms with Gasteiger partial charge in [-0.3, -0.25) is 4.79 Å². The Hall–Kier alpha value is -2.28. The molecule has 1 saturated heterocycles. The molecule has 1 aromatic rings. The van der Waals surface area contributed by atoms with Crippen LogP contribution in [0.5, 0.6) is 0 Å². The van der Waals surface area contributed by atoms with Crippen LogP contribution in [-0.2, 0) is 9.53 Å². The Labute approximate surface area is 155 Å². The quantitative estimate of drug-likeness (QED) is 0.768. The molecule has 1 heterocycles. The monoisotopic (exact) mass is 362 g/mol. The number of carbonyl (C=O) groups excluding carboxylic acids is 2. The summed E-state index contributed by atoms with van der Waals surface area (Å²) in [4.78, 5) is 26.2. The number of hydrogen-bond donors (Lipinski definition) is 3. The predicted octanol–water partition coefficient (Wildman–Crippen LogP) is 2.34. The van der Waals surface area contributed by atoms with Crippen LogP contribution in [0.4, 0.5) is 16.2 Å². The van der Waals surface area contributed by atoms with Crippen molar-refractivity contribution in [3.8, 4) is 0 Å². The van der Waals surface area contributed by atoms with Crippen molar-refractivity contribution in [2.75, 3.05) is 29.9 Å². The average Bonchev–Trinajstić information content (AvgIpc) is 2.51. The Morgan fingerprint density at radius 3 is 2.38 bits per heavy atom. The van der Waals surface area contributed by atoms with Crippen LogP contribution >= 0.6 is 0 Å². The first kappa shape index (κ1) is 20.0. The van der Waals surface area contributed by atoms with Gasteiger partial charge in [0.2, 0.25) is 5.91 Å². The van der Waals surface area contributed by atoms with Gasteiger partial charge in [0.25, 0.3) is 0 Å². The molecule has 1 aromatic carbocycles. The van der Waals surface area contributed by atoms with E-state index in [1.54, 1.807) is 0 Å². The molecule has 0 aromatic heterocycles. The summed E-state index contributed by atoms with van der Waals surface area (Å²) in [6.45, 7) is 11.2. The first-order valence-electron chi connectivity index (χ1n) is 8.99. The molecule has 7 nitrogen and oxygen atoms in total. The van der Waals surface area contributed by atoms with Gasteiger partial charge in [0, 0.05) is 18.6 Å². The van der Waals surface area contributed by atoms with Crippen LogP contribution < -0.4 is 20.9 Å². The molecule has 0 bridgehead atoms. The fraction of sp³-hybridized carbons (Fsp3) is 0.579. The fourth-order valence-corrected chi connectivity index (χ4v) is 3.02. The highest BCUT2D eigenvalue weighted by atomic mass is 16.5. The summed E-state index contributed by atoms with van der Waals surface area (Å²) in [5.74, 6) is -0.225. The molecule has 3 amide bonds. The van der Waals surface area contributed by atoms with Crippen LogP contribution in [0.15, 0.2) is 24.3 Å². The Kier molecular flexibility index (Phi) is 6.47. The maximum atomic E-state index is 12.2. The van der Waals surface area contributed by atoms with Gasteiger partial charge >= 0.3 is 6.03 Å². The van der Waals surface area contributed by atoms with Crippen molar-refractivity contribution in [3.63, 3.8) is 0 Å². The van der Waals surface area contributed by atoms with Gasteiger partial charge in [0.05, 0.1) is 30.1 Å². The van der Waals surface area contributed by atoms with E-state index in [4.69, 9.17) is 4.74 Å². The molecule has 2 rings (SSSR count). The Bertz CT molecular complexity index is 632. The Balaban J connectivity index is 1.97. The first-order valence-corrected chi connectivity index (χ1v) is 8.99. The molecule has 1 aliphatic rings.